The number of fused-ring (bicyclic) bond motifs is 1. The summed E-state index contributed by atoms with van der Waals surface area (Å²) < 4.78 is 33.4. The molecule has 0 spiro atoms. The van der Waals surface area contributed by atoms with Crippen molar-refractivity contribution < 1.29 is 13.5 Å². The predicted molar refractivity (Wildman–Crippen MR) is 110 cm³/mol. The van der Waals surface area contributed by atoms with E-state index in [0.29, 0.717) is 17.6 Å². The van der Waals surface area contributed by atoms with E-state index in [9.17, 15) is 8.78 Å². The summed E-state index contributed by atoms with van der Waals surface area (Å²) in [6, 6.07) is 10.8. The number of rotatable bonds is 4. The Morgan fingerprint density at radius 2 is 1.54 bits per heavy atom. The van der Waals surface area contributed by atoms with Crippen molar-refractivity contribution in [1.29, 1.82) is 0 Å². The summed E-state index contributed by atoms with van der Waals surface area (Å²) >= 11 is 5.59. The van der Waals surface area contributed by atoms with Crippen molar-refractivity contribution in [3.63, 3.8) is 0 Å². The van der Waals surface area contributed by atoms with Crippen LogP contribution >= 0.6 is 11.6 Å². The Balaban J connectivity index is 1.44. The molecule has 0 aliphatic heterocycles. The van der Waals surface area contributed by atoms with Crippen molar-refractivity contribution in [2.75, 3.05) is 6.61 Å². The van der Waals surface area contributed by atoms with Crippen molar-refractivity contribution in [3.05, 3.63) is 58.6 Å². The maximum Gasteiger partial charge on any atom is 0.145 e. The van der Waals surface area contributed by atoms with Crippen LogP contribution < -0.4 is 0 Å². The number of hydrogen-bond acceptors (Lipinski definition) is 1. The SMILES string of the molecule is CCOC1CCC2CC(c3ccc(-c4cc(F)c(Cl)c(F)c4)cc3)CCC2C1. The molecular formula is C24H27ClF2O. The lowest BCUT2D eigenvalue weighted by Crippen LogP contribution is -2.33. The molecule has 1 nitrogen and oxygen atoms in total. The minimum Gasteiger partial charge on any atom is -0.378 e. The smallest absolute Gasteiger partial charge is 0.145 e. The molecule has 4 rings (SSSR count). The van der Waals surface area contributed by atoms with Gasteiger partial charge in [-0.05, 0) is 92.0 Å². The second-order valence-corrected chi connectivity index (χ2v) is 8.67. The average Bonchev–Trinajstić information content (AvgIpc) is 2.71. The predicted octanol–water partition coefficient (Wildman–Crippen LogP) is 7.37. The first kappa shape index (κ1) is 19.8. The average molecular weight is 405 g/mol. The van der Waals surface area contributed by atoms with E-state index in [-0.39, 0.29) is 0 Å². The van der Waals surface area contributed by atoms with Crippen LogP contribution in [-0.4, -0.2) is 12.7 Å². The molecule has 0 bridgehead atoms. The summed E-state index contributed by atoms with van der Waals surface area (Å²) in [6.45, 7) is 2.90. The molecular weight excluding hydrogens is 378 g/mol. The third-order valence-electron chi connectivity index (χ3n) is 6.67. The lowest BCUT2D eigenvalue weighted by Gasteiger charge is -2.42. The van der Waals surface area contributed by atoms with Crippen LogP contribution in [0, 0.1) is 23.5 Å². The third-order valence-corrected chi connectivity index (χ3v) is 7.03. The summed E-state index contributed by atoms with van der Waals surface area (Å²) in [4.78, 5) is 0. The second kappa shape index (κ2) is 8.51. The van der Waals surface area contributed by atoms with Crippen LogP contribution in [0.25, 0.3) is 11.1 Å². The lowest BCUT2D eigenvalue weighted by molar-refractivity contribution is -0.00955. The van der Waals surface area contributed by atoms with E-state index < -0.39 is 16.7 Å². The molecule has 4 heteroatoms. The first-order valence-electron chi connectivity index (χ1n) is 10.4. The minimum atomic E-state index is -0.721. The highest BCUT2D eigenvalue weighted by Crippen LogP contribution is 2.46. The van der Waals surface area contributed by atoms with Crippen molar-refractivity contribution in [3.8, 4) is 11.1 Å². The van der Waals surface area contributed by atoms with Crippen LogP contribution in [0.1, 0.15) is 56.9 Å². The molecule has 2 aliphatic carbocycles. The molecule has 0 heterocycles. The highest BCUT2D eigenvalue weighted by Gasteiger charge is 2.36. The molecule has 4 unspecified atom stereocenters. The minimum absolute atomic E-state index is 0.448. The van der Waals surface area contributed by atoms with Gasteiger partial charge in [0, 0.05) is 6.61 Å². The Hall–Kier alpha value is -1.45. The van der Waals surface area contributed by atoms with Gasteiger partial charge in [-0.25, -0.2) is 8.78 Å². The molecule has 2 aromatic carbocycles. The van der Waals surface area contributed by atoms with Gasteiger partial charge in [0.1, 0.15) is 16.7 Å². The maximum atomic E-state index is 13.7. The van der Waals surface area contributed by atoms with E-state index in [4.69, 9.17) is 16.3 Å². The number of benzene rings is 2. The largest absolute Gasteiger partial charge is 0.378 e. The van der Waals surface area contributed by atoms with Gasteiger partial charge in [0.15, 0.2) is 0 Å². The van der Waals surface area contributed by atoms with Crippen LogP contribution in [0.3, 0.4) is 0 Å². The van der Waals surface area contributed by atoms with Crippen LogP contribution in [0.5, 0.6) is 0 Å². The molecule has 2 aliphatic rings. The van der Waals surface area contributed by atoms with E-state index >= 15 is 0 Å². The molecule has 2 aromatic rings. The molecule has 2 fully saturated rings. The number of hydrogen-bond donors (Lipinski definition) is 0. The van der Waals surface area contributed by atoms with E-state index in [1.807, 2.05) is 12.1 Å². The van der Waals surface area contributed by atoms with Gasteiger partial charge in [0.05, 0.1) is 6.10 Å². The van der Waals surface area contributed by atoms with Gasteiger partial charge in [-0.2, -0.15) is 0 Å². The van der Waals surface area contributed by atoms with E-state index in [1.165, 1.54) is 56.2 Å². The topological polar surface area (TPSA) is 9.23 Å². The zero-order valence-corrected chi connectivity index (χ0v) is 17.0. The quantitative estimate of drug-likeness (QED) is 0.483. The molecule has 2 saturated carbocycles. The van der Waals surface area contributed by atoms with Gasteiger partial charge < -0.3 is 4.74 Å². The number of ether oxygens (including phenoxy) is 1. The molecule has 28 heavy (non-hydrogen) atoms. The lowest BCUT2D eigenvalue weighted by atomic mass is 9.65. The Morgan fingerprint density at radius 3 is 2.21 bits per heavy atom. The van der Waals surface area contributed by atoms with Gasteiger partial charge in [-0.3, -0.25) is 0 Å². The normalized spacial score (nSPS) is 27.4. The molecule has 0 aromatic heterocycles. The highest BCUT2D eigenvalue weighted by atomic mass is 35.5. The fraction of sp³-hybridized carbons (Fsp3) is 0.500. The fourth-order valence-electron chi connectivity index (χ4n) is 5.21. The maximum absolute atomic E-state index is 13.7. The van der Waals surface area contributed by atoms with Crippen LogP contribution in [0.2, 0.25) is 5.02 Å². The van der Waals surface area contributed by atoms with Crippen LogP contribution in [0.4, 0.5) is 8.78 Å². The van der Waals surface area contributed by atoms with Crippen LogP contribution in [-0.2, 0) is 4.74 Å². The summed E-state index contributed by atoms with van der Waals surface area (Å²) in [5.74, 6) is 0.747. The summed E-state index contributed by atoms with van der Waals surface area (Å²) in [6.07, 6.45) is 7.87. The summed E-state index contributed by atoms with van der Waals surface area (Å²) in [5, 5.41) is -0.448. The van der Waals surface area contributed by atoms with Gasteiger partial charge in [-0.15, -0.1) is 0 Å². The zero-order valence-electron chi connectivity index (χ0n) is 16.3. The fourth-order valence-corrected chi connectivity index (χ4v) is 5.31. The first-order valence-corrected chi connectivity index (χ1v) is 10.8. The van der Waals surface area contributed by atoms with E-state index in [2.05, 4.69) is 19.1 Å². The highest BCUT2D eigenvalue weighted by molar-refractivity contribution is 6.31. The molecule has 0 amide bonds. The van der Waals surface area contributed by atoms with Crippen molar-refractivity contribution >= 4 is 11.6 Å². The standard InChI is InChI=1S/C24H27ClF2O/c1-2-28-21-10-9-18-11-17(7-8-19(18)12-21)15-3-5-16(6-4-15)20-13-22(26)24(25)23(27)14-20/h3-6,13-14,17-19,21H,2,7-12H2,1H3. The third kappa shape index (κ3) is 4.11. The van der Waals surface area contributed by atoms with Gasteiger partial charge in [0.2, 0.25) is 0 Å². The molecule has 150 valence electrons. The van der Waals surface area contributed by atoms with Crippen LogP contribution in [0.15, 0.2) is 36.4 Å². The Labute approximate surface area is 171 Å². The summed E-state index contributed by atoms with van der Waals surface area (Å²) in [7, 11) is 0. The van der Waals surface area contributed by atoms with Gasteiger partial charge in [0.25, 0.3) is 0 Å². The van der Waals surface area contributed by atoms with Gasteiger partial charge in [-0.1, -0.05) is 35.9 Å². The molecule has 0 radical (unpaired) electrons. The van der Waals surface area contributed by atoms with Crippen molar-refractivity contribution in [1.82, 2.24) is 0 Å². The number of halogens is 3. The molecule has 0 saturated heterocycles. The Morgan fingerprint density at radius 1 is 0.893 bits per heavy atom. The molecule has 0 N–H and O–H groups in total. The molecule has 4 atom stereocenters. The monoisotopic (exact) mass is 404 g/mol. The van der Waals surface area contributed by atoms with E-state index in [1.54, 1.807) is 0 Å². The summed E-state index contributed by atoms with van der Waals surface area (Å²) in [5.41, 5.74) is 2.66. The van der Waals surface area contributed by atoms with Crippen molar-refractivity contribution in [2.45, 2.75) is 57.5 Å². The first-order chi connectivity index (χ1) is 13.5. The van der Waals surface area contributed by atoms with Crippen molar-refractivity contribution in [2.24, 2.45) is 11.8 Å². The second-order valence-electron chi connectivity index (χ2n) is 8.30. The Bertz CT molecular complexity index is 797. The Kier molecular flexibility index (Phi) is 6.03. The van der Waals surface area contributed by atoms with E-state index in [0.717, 1.165) is 24.0 Å². The van der Waals surface area contributed by atoms with Gasteiger partial charge >= 0.3 is 0 Å². The zero-order chi connectivity index (χ0) is 19.7.